The fourth-order valence-electron chi connectivity index (χ4n) is 4.46. The Morgan fingerprint density at radius 3 is 1.64 bits per heavy atom. The Hall–Kier alpha value is -1.84. The van der Waals surface area contributed by atoms with E-state index in [0.717, 1.165) is 83.5 Å². The van der Waals surface area contributed by atoms with Crippen molar-refractivity contribution in [3.8, 4) is 0 Å². The predicted molar refractivity (Wildman–Crippen MR) is 110 cm³/mol. The molecular formula is C24H34O4. The van der Waals surface area contributed by atoms with Gasteiger partial charge in [-0.05, 0) is 87.8 Å². The fourth-order valence-corrected chi connectivity index (χ4v) is 4.46. The lowest BCUT2D eigenvalue weighted by molar-refractivity contribution is -0.144. The predicted octanol–water partition coefficient (Wildman–Crippen LogP) is 5.54. The number of rotatable bonds is 13. The molecule has 4 heteroatoms. The van der Waals surface area contributed by atoms with Crippen LogP contribution in [-0.2, 0) is 22.4 Å². The molecule has 1 aromatic rings. The third-order valence-electron chi connectivity index (χ3n) is 7.13. The molecule has 2 aliphatic carbocycles. The fraction of sp³-hybridized carbons (Fsp3) is 0.667. The Bertz CT molecular complexity index is 713. The number of unbranched alkanes of at least 4 members (excludes halogenated alkanes) is 3. The van der Waals surface area contributed by atoms with Crippen molar-refractivity contribution in [2.24, 2.45) is 10.8 Å². The summed E-state index contributed by atoms with van der Waals surface area (Å²) in [5, 5.41) is 18.5. The van der Waals surface area contributed by atoms with Gasteiger partial charge in [0.05, 0.1) is 10.8 Å². The molecule has 0 heterocycles. The van der Waals surface area contributed by atoms with Crippen molar-refractivity contribution in [2.45, 2.75) is 90.4 Å². The van der Waals surface area contributed by atoms with E-state index in [1.54, 1.807) is 0 Å². The van der Waals surface area contributed by atoms with Gasteiger partial charge in [0.2, 0.25) is 0 Å². The third-order valence-corrected chi connectivity index (χ3v) is 7.13. The summed E-state index contributed by atoms with van der Waals surface area (Å²) in [6, 6.07) is 6.55. The lowest BCUT2D eigenvalue weighted by Crippen LogP contribution is -2.14. The first-order valence-electron chi connectivity index (χ1n) is 10.9. The highest BCUT2D eigenvalue weighted by Gasteiger charge is 2.49. The number of carbonyl (C=O) groups is 2. The highest BCUT2D eigenvalue weighted by molar-refractivity contribution is 5.78. The van der Waals surface area contributed by atoms with Crippen LogP contribution < -0.4 is 0 Å². The van der Waals surface area contributed by atoms with Gasteiger partial charge >= 0.3 is 11.9 Å². The van der Waals surface area contributed by atoms with E-state index < -0.39 is 17.4 Å². The molecular weight excluding hydrogens is 352 g/mol. The summed E-state index contributed by atoms with van der Waals surface area (Å²) >= 11 is 0. The molecule has 28 heavy (non-hydrogen) atoms. The molecule has 0 amide bonds. The van der Waals surface area contributed by atoms with E-state index in [4.69, 9.17) is 0 Å². The largest absolute Gasteiger partial charge is 0.481 e. The van der Waals surface area contributed by atoms with Crippen LogP contribution in [0.25, 0.3) is 0 Å². The lowest BCUT2D eigenvalue weighted by atomic mass is 9.92. The minimum atomic E-state index is -0.610. The SMILES string of the molecule is Cc1c(CCCCCC2(C(=O)O)CC2)cccc1CCCCC1(C(=O)O)CC1. The summed E-state index contributed by atoms with van der Waals surface area (Å²) in [6.07, 6.45) is 12.4. The van der Waals surface area contributed by atoms with E-state index in [1.807, 2.05) is 0 Å². The average Bonchev–Trinajstić information content (AvgIpc) is 3.56. The molecule has 2 aliphatic rings. The van der Waals surface area contributed by atoms with Crippen molar-refractivity contribution in [3.05, 3.63) is 34.9 Å². The summed E-state index contributed by atoms with van der Waals surface area (Å²) in [5.41, 5.74) is 3.40. The molecule has 0 radical (unpaired) electrons. The van der Waals surface area contributed by atoms with Crippen molar-refractivity contribution in [1.82, 2.24) is 0 Å². The molecule has 0 bridgehead atoms. The topological polar surface area (TPSA) is 74.6 Å². The maximum absolute atomic E-state index is 11.3. The zero-order valence-electron chi connectivity index (χ0n) is 17.1. The minimum Gasteiger partial charge on any atom is -0.481 e. The number of carboxylic acids is 2. The van der Waals surface area contributed by atoms with Crippen LogP contribution in [0.4, 0.5) is 0 Å². The second-order valence-electron chi connectivity index (χ2n) is 9.14. The van der Waals surface area contributed by atoms with Crippen LogP contribution in [0.3, 0.4) is 0 Å². The molecule has 4 nitrogen and oxygen atoms in total. The van der Waals surface area contributed by atoms with Gasteiger partial charge in [0.25, 0.3) is 0 Å². The van der Waals surface area contributed by atoms with Gasteiger partial charge in [0.1, 0.15) is 0 Å². The average molecular weight is 387 g/mol. The van der Waals surface area contributed by atoms with E-state index in [1.165, 1.54) is 16.7 Å². The van der Waals surface area contributed by atoms with Gasteiger partial charge in [0, 0.05) is 0 Å². The van der Waals surface area contributed by atoms with Crippen molar-refractivity contribution < 1.29 is 19.8 Å². The molecule has 2 N–H and O–H groups in total. The number of carboxylic acid groups (broad SMARTS) is 2. The second-order valence-corrected chi connectivity index (χ2v) is 9.14. The van der Waals surface area contributed by atoms with E-state index >= 15 is 0 Å². The Kier molecular flexibility index (Phi) is 6.47. The monoisotopic (exact) mass is 386 g/mol. The molecule has 0 aliphatic heterocycles. The first-order chi connectivity index (χ1) is 13.4. The molecule has 2 fully saturated rings. The molecule has 154 valence electrons. The van der Waals surface area contributed by atoms with Gasteiger partial charge in [-0.2, -0.15) is 0 Å². The van der Waals surface area contributed by atoms with Gasteiger partial charge in [-0.1, -0.05) is 37.5 Å². The zero-order valence-corrected chi connectivity index (χ0v) is 17.1. The third kappa shape index (κ3) is 4.95. The van der Waals surface area contributed by atoms with Crippen molar-refractivity contribution in [2.75, 3.05) is 0 Å². The number of hydrogen-bond donors (Lipinski definition) is 2. The van der Waals surface area contributed by atoms with E-state index in [9.17, 15) is 19.8 Å². The highest BCUT2D eigenvalue weighted by Crippen LogP contribution is 2.50. The summed E-state index contributed by atoms with van der Waals surface area (Å²) in [5.74, 6) is -1.21. The van der Waals surface area contributed by atoms with Crippen LogP contribution >= 0.6 is 0 Å². The van der Waals surface area contributed by atoms with E-state index in [-0.39, 0.29) is 5.41 Å². The van der Waals surface area contributed by atoms with E-state index in [2.05, 4.69) is 25.1 Å². The quantitative estimate of drug-likeness (QED) is 0.436. The molecule has 1 aromatic carbocycles. The van der Waals surface area contributed by atoms with Crippen LogP contribution in [0.1, 0.15) is 87.3 Å². The second kappa shape index (κ2) is 8.67. The maximum atomic E-state index is 11.3. The number of aliphatic carboxylic acids is 2. The normalized spacial score (nSPS) is 18.6. The van der Waals surface area contributed by atoms with Crippen molar-refractivity contribution >= 4 is 11.9 Å². The number of hydrogen-bond acceptors (Lipinski definition) is 2. The molecule has 3 rings (SSSR count). The smallest absolute Gasteiger partial charge is 0.309 e. The molecule has 2 saturated carbocycles. The lowest BCUT2D eigenvalue weighted by Gasteiger charge is -2.13. The molecule has 0 unspecified atom stereocenters. The van der Waals surface area contributed by atoms with Crippen LogP contribution in [-0.4, -0.2) is 22.2 Å². The van der Waals surface area contributed by atoms with E-state index in [0.29, 0.717) is 0 Å². The Balaban J connectivity index is 1.37. The van der Waals surface area contributed by atoms with Gasteiger partial charge in [0.15, 0.2) is 0 Å². The van der Waals surface area contributed by atoms with Gasteiger partial charge < -0.3 is 10.2 Å². The summed E-state index contributed by atoms with van der Waals surface area (Å²) < 4.78 is 0. The van der Waals surface area contributed by atoms with Crippen LogP contribution in [0, 0.1) is 17.8 Å². The zero-order chi connectivity index (χ0) is 20.2. The number of benzene rings is 1. The Labute approximate surface area is 168 Å². The summed E-state index contributed by atoms with van der Waals surface area (Å²) in [6.45, 7) is 2.20. The molecule has 0 saturated heterocycles. The van der Waals surface area contributed by atoms with Gasteiger partial charge in [-0.25, -0.2) is 0 Å². The van der Waals surface area contributed by atoms with Gasteiger partial charge in [-0.3, -0.25) is 9.59 Å². The summed E-state index contributed by atoms with van der Waals surface area (Å²) in [7, 11) is 0. The van der Waals surface area contributed by atoms with Crippen molar-refractivity contribution in [3.63, 3.8) is 0 Å². The molecule has 0 spiro atoms. The van der Waals surface area contributed by atoms with Gasteiger partial charge in [-0.15, -0.1) is 0 Å². The van der Waals surface area contributed by atoms with Crippen LogP contribution in [0.15, 0.2) is 18.2 Å². The Morgan fingerprint density at radius 1 is 0.786 bits per heavy atom. The number of aryl methyl sites for hydroxylation is 2. The first kappa shape index (κ1) is 20.9. The maximum Gasteiger partial charge on any atom is 0.309 e. The minimum absolute atomic E-state index is 0.379. The highest BCUT2D eigenvalue weighted by atomic mass is 16.4. The van der Waals surface area contributed by atoms with Crippen molar-refractivity contribution in [1.29, 1.82) is 0 Å². The Morgan fingerprint density at radius 2 is 1.21 bits per heavy atom. The first-order valence-corrected chi connectivity index (χ1v) is 10.9. The van der Waals surface area contributed by atoms with Crippen LogP contribution in [0.2, 0.25) is 0 Å². The summed E-state index contributed by atoms with van der Waals surface area (Å²) in [4.78, 5) is 22.5. The standard InChI is InChI=1S/C24H34O4/c1-18-19(8-3-2-5-12-23(14-15-23)21(25)26)10-7-11-20(18)9-4-6-13-24(16-17-24)22(27)28/h7,10-11H,2-6,8-9,12-17H2,1H3,(H,25,26)(H,27,28). The molecule has 0 atom stereocenters. The molecule has 0 aromatic heterocycles. The van der Waals surface area contributed by atoms with Crippen LogP contribution in [0.5, 0.6) is 0 Å².